The summed E-state index contributed by atoms with van der Waals surface area (Å²) >= 11 is 1.39. The fourth-order valence-corrected chi connectivity index (χ4v) is 2.24. The minimum atomic E-state index is -0.00761. The van der Waals surface area contributed by atoms with Crippen LogP contribution in [0.3, 0.4) is 0 Å². The summed E-state index contributed by atoms with van der Waals surface area (Å²) in [5.41, 5.74) is 2.75. The molecule has 0 radical (unpaired) electrons. The SMILES string of the molecule is CSC(=Nc1ccc2c(c1)ncn2C(C)(C)C)NC#N. The average molecular weight is 287 g/mol. The smallest absolute Gasteiger partial charge is 0.183 e. The lowest BCUT2D eigenvalue weighted by molar-refractivity contribution is 0.408. The summed E-state index contributed by atoms with van der Waals surface area (Å²) in [5.74, 6) is 0. The van der Waals surface area contributed by atoms with Gasteiger partial charge in [0.15, 0.2) is 11.4 Å². The number of hydrogen-bond donors (Lipinski definition) is 1. The van der Waals surface area contributed by atoms with Crippen molar-refractivity contribution in [3.8, 4) is 6.19 Å². The lowest BCUT2D eigenvalue weighted by Gasteiger charge is -2.21. The van der Waals surface area contributed by atoms with Gasteiger partial charge in [-0.15, -0.1) is 0 Å². The van der Waals surface area contributed by atoms with E-state index in [-0.39, 0.29) is 5.54 Å². The molecule has 0 spiro atoms. The highest BCUT2D eigenvalue weighted by Crippen LogP contribution is 2.25. The van der Waals surface area contributed by atoms with Crippen LogP contribution >= 0.6 is 11.8 Å². The maximum absolute atomic E-state index is 8.64. The van der Waals surface area contributed by atoms with Gasteiger partial charge in [-0.25, -0.2) is 9.98 Å². The van der Waals surface area contributed by atoms with Crippen LogP contribution in [0.1, 0.15) is 20.8 Å². The molecule has 0 fully saturated rings. The number of rotatable bonds is 1. The first kappa shape index (κ1) is 14.4. The van der Waals surface area contributed by atoms with Gasteiger partial charge in [-0.1, -0.05) is 11.8 Å². The van der Waals surface area contributed by atoms with E-state index in [2.05, 4.69) is 40.6 Å². The van der Waals surface area contributed by atoms with Gasteiger partial charge in [-0.2, -0.15) is 5.26 Å². The molecule has 0 aliphatic carbocycles. The van der Waals surface area contributed by atoms with Crippen LogP contribution in [-0.4, -0.2) is 21.0 Å². The molecular weight excluding hydrogens is 270 g/mol. The van der Waals surface area contributed by atoms with Crippen LogP contribution in [0.15, 0.2) is 29.5 Å². The Morgan fingerprint density at radius 1 is 1.45 bits per heavy atom. The van der Waals surface area contributed by atoms with E-state index in [1.54, 1.807) is 0 Å². The number of thioether (sulfide) groups is 1. The predicted octanol–water partition coefficient (Wildman–Crippen LogP) is 3.21. The highest BCUT2D eigenvalue weighted by Gasteiger charge is 2.15. The monoisotopic (exact) mass is 287 g/mol. The summed E-state index contributed by atoms with van der Waals surface area (Å²) < 4.78 is 2.14. The maximum Gasteiger partial charge on any atom is 0.183 e. The number of nitrogens with one attached hydrogen (secondary N) is 1. The number of nitriles is 1. The fraction of sp³-hybridized carbons (Fsp3) is 0.357. The Labute approximate surface area is 122 Å². The summed E-state index contributed by atoms with van der Waals surface area (Å²) in [6, 6.07) is 5.87. The Hall–Kier alpha value is -2.00. The van der Waals surface area contributed by atoms with E-state index in [1.807, 2.05) is 37.0 Å². The zero-order valence-electron chi connectivity index (χ0n) is 12.0. The molecule has 104 valence electrons. The van der Waals surface area contributed by atoms with E-state index >= 15 is 0 Å². The molecule has 1 aromatic carbocycles. The lowest BCUT2D eigenvalue weighted by Crippen LogP contribution is -2.20. The third kappa shape index (κ3) is 2.94. The Balaban J connectivity index is 2.44. The normalized spacial score (nSPS) is 12.4. The van der Waals surface area contributed by atoms with E-state index in [4.69, 9.17) is 5.26 Å². The Morgan fingerprint density at radius 2 is 2.20 bits per heavy atom. The van der Waals surface area contributed by atoms with Crippen molar-refractivity contribution in [1.82, 2.24) is 14.9 Å². The largest absolute Gasteiger partial charge is 0.325 e. The van der Waals surface area contributed by atoms with Crippen molar-refractivity contribution in [2.75, 3.05) is 6.26 Å². The first-order chi connectivity index (χ1) is 9.45. The van der Waals surface area contributed by atoms with Gasteiger partial charge >= 0.3 is 0 Å². The predicted molar refractivity (Wildman–Crippen MR) is 84.1 cm³/mol. The summed E-state index contributed by atoms with van der Waals surface area (Å²) in [5, 5.41) is 11.8. The van der Waals surface area contributed by atoms with E-state index in [0.29, 0.717) is 5.17 Å². The van der Waals surface area contributed by atoms with Crippen molar-refractivity contribution >= 4 is 33.7 Å². The fourth-order valence-electron chi connectivity index (χ4n) is 1.89. The number of aliphatic imine (C=N–C) groups is 1. The molecule has 0 bridgehead atoms. The number of imidazole rings is 1. The number of benzene rings is 1. The number of hydrogen-bond acceptors (Lipinski definition) is 4. The van der Waals surface area contributed by atoms with Gasteiger partial charge in [0.2, 0.25) is 0 Å². The molecule has 0 amide bonds. The maximum atomic E-state index is 8.64. The van der Waals surface area contributed by atoms with Crippen molar-refractivity contribution < 1.29 is 0 Å². The summed E-state index contributed by atoms with van der Waals surface area (Å²) in [4.78, 5) is 8.81. The molecule has 1 heterocycles. The van der Waals surface area contributed by atoms with Crippen LogP contribution in [0.2, 0.25) is 0 Å². The van der Waals surface area contributed by atoms with Gasteiger partial charge in [0.25, 0.3) is 0 Å². The van der Waals surface area contributed by atoms with E-state index in [1.165, 1.54) is 11.8 Å². The van der Waals surface area contributed by atoms with E-state index in [0.717, 1.165) is 16.7 Å². The molecule has 1 aromatic heterocycles. The van der Waals surface area contributed by atoms with Crippen molar-refractivity contribution in [3.63, 3.8) is 0 Å². The molecule has 2 aromatic rings. The van der Waals surface area contributed by atoms with Gasteiger partial charge in [0.1, 0.15) is 0 Å². The highest BCUT2D eigenvalue weighted by atomic mass is 32.2. The Morgan fingerprint density at radius 3 is 2.80 bits per heavy atom. The van der Waals surface area contributed by atoms with Gasteiger partial charge in [-0.05, 0) is 45.2 Å². The van der Waals surface area contributed by atoms with Crippen LogP contribution in [0.25, 0.3) is 11.0 Å². The minimum Gasteiger partial charge on any atom is -0.325 e. The quantitative estimate of drug-likeness (QED) is 0.378. The second-order valence-corrected chi connectivity index (χ2v) is 6.11. The number of fused-ring (bicyclic) bond motifs is 1. The minimum absolute atomic E-state index is 0.00761. The highest BCUT2D eigenvalue weighted by molar-refractivity contribution is 8.13. The second kappa shape index (κ2) is 5.55. The number of nitrogens with zero attached hydrogens (tertiary/aromatic N) is 4. The molecule has 6 heteroatoms. The van der Waals surface area contributed by atoms with Crippen LogP contribution < -0.4 is 5.32 Å². The van der Waals surface area contributed by atoms with Gasteiger partial charge < -0.3 is 4.57 Å². The molecule has 0 atom stereocenters. The molecule has 0 aliphatic rings. The zero-order valence-corrected chi connectivity index (χ0v) is 12.8. The topological polar surface area (TPSA) is 66.0 Å². The molecule has 5 nitrogen and oxygen atoms in total. The van der Waals surface area contributed by atoms with Crippen molar-refractivity contribution in [1.29, 1.82) is 5.26 Å². The average Bonchev–Trinajstić information content (AvgIpc) is 2.81. The summed E-state index contributed by atoms with van der Waals surface area (Å²) in [6.07, 6.45) is 5.60. The van der Waals surface area contributed by atoms with Crippen LogP contribution in [0.4, 0.5) is 5.69 Å². The summed E-state index contributed by atoms with van der Waals surface area (Å²) in [7, 11) is 0. The molecular formula is C14H17N5S. The first-order valence-corrected chi connectivity index (χ1v) is 7.43. The number of aromatic nitrogens is 2. The standard InChI is InChI=1S/C14H17N5S/c1-14(2,3)19-9-17-11-7-10(5-6-12(11)19)18-13(20-4)16-8-15/h5-7,9H,1-4H3,(H,16,18). The second-order valence-electron chi connectivity index (χ2n) is 5.32. The van der Waals surface area contributed by atoms with Crippen LogP contribution in [0, 0.1) is 11.5 Å². The van der Waals surface area contributed by atoms with Crippen LogP contribution in [0.5, 0.6) is 0 Å². The third-order valence-electron chi connectivity index (χ3n) is 2.84. The third-order valence-corrected chi connectivity index (χ3v) is 3.42. The Bertz CT molecular complexity index is 688. The first-order valence-electron chi connectivity index (χ1n) is 6.21. The molecule has 1 N–H and O–H groups in total. The zero-order chi connectivity index (χ0) is 14.8. The van der Waals surface area contributed by atoms with Gasteiger partial charge in [0.05, 0.1) is 23.0 Å². The van der Waals surface area contributed by atoms with Crippen molar-refractivity contribution in [2.45, 2.75) is 26.3 Å². The molecule has 2 rings (SSSR count). The Kier molecular flexibility index (Phi) is 4.00. The molecule has 0 saturated carbocycles. The van der Waals surface area contributed by atoms with Gasteiger partial charge in [0, 0.05) is 5.54 Å². The van der Waals surface area contributed by atoms with Gasteiger partial charge in [-0.3, -0.25) is 5.32 Å². The molecule has 20 heavy (non-hydrogen) atoms. The molecule has 0 unspecified atom stereocenters. The van der Waals surface area contributed by atoms with Crippen molar-refractivity contribution in [3.05, 3.63) is 24.5 Å². The lowest BCUT2D eigenvalue weighted by atomic mass is 10.1. The molecule has 0 saturated heterocycles. The van der Waals surface area contributed by atoms with Crippen LogP contribution in [-0.2, 0) is 5.54 Å². The van der Waals surface area contributed by atoms with E-state index < -0.39 is 0 Å². The number of amidine groups is 1. The summed E-state index contributed by atoms with van der Waals surface area (Å²) in [6.45, 7) is 6.43. The molecule has 0 aliphatic heterocycles. The van der Waals surface area contributed by atoms with Crippen molar-refractivity contribution in [2.24, 2.45) is 4.99 Å². The van der Waals surface area contributed by atoms with E-state index in [9.17, 15) is 0 Å².